The third-order valence-electron chi connectivity index (χ3n) is 3.23. The lowest BCUT2D eigenvalue weighted by Crippen LogP contribution is -2.46. The van der Waals surface area contributed by atoms with Crippen molar-refractivity contribution in [1.29, 1.82) is 0 Å². The first-order valence-corrected chi connectivity index (χ1v) is 6.24. The number of hydrogen-bond donors (Lipinski definition) is 1. The Kier molecular flexibility index (Phi) is 4.47. The van der Waals surface area contributed by atoms with E-state index in [1.807, 2.05) is 10.9 Å². The van der Waals surface area contributed by atoms with Gasteiger partial charge in [-0.2, -0.15) is 0 Å². The van der Waals surface area contributed by atoms with Crippen LogP contribution in [0.4, 0.5) is 0 Å². The monoisotopic (exact) mass is 239 g/mol. The maximum atomic E-state index is 5.50. The fourth-order valence-corrected chi connectivity index (χ4v) is 2.13. The molecule has 0 aliphatic carbocycles. The molecule has 1 aromatic rings. The third kappa shape index (κ3) is 3.24. The molecule has 1 saturated heterocycles. The Morgan fingerprint density at radius 1 is 1.53 bits per heavy atom. The molecule has 96 valence electrons. The molecule has 1 fully saturated rings. The van der Waals surface area contributed by atoms with Crippen molar-refractivity contribution in [3.63, 3.8) is 0 Å². The largest absolute Gasteiger partial charge is 0.378 e. The van der Waals surface area contributed by atoms with Gasteiger partial charge < -0.3 is 10.5 Å². The molecule has 2 heterocycles. The lowest BCUT2D eigenvalue weighted by Gasteiger charge is -2.34. The van der Waals surface area contributed by atoms with Crippen LogP contribution in [0.3, 0.4) is 0 Å². The van der Waals surface area contributed by atoms with Gasteiger partial charge in [0.2, 0.25) is 0 Å². The molecular formula is C11H21N5O. The number of rotatable bonds is 5. The number of hydrogen-bond acceptors (Lipinski definition) is 5. The number of ether oxygens (including phenoxy) is 1. The van der Waals surface area contributed by atoms with Gasteiger partial charge in [-0.1, -0.05) is 12.1 Å². The molecule has 6 nitrogen and oxygen atoms in total. The number of nitrogens with zero attached hydrogens (tertiary/aromatic N) is 4. The summed E-state index contributed by atoms with van der Waals surface area (Å²) in [7, 11) is 0. The highest BCUT2D eigenvalue weighted by molar-refractivity contribution is 4.90. The summed E-state index contributed by atoms with van der Waals surface area (Å²) in [6.07, 6.45) is 3.05. The van der Waals surface area contributed by atoms with E-state index >= 15 is 0 Å². The predicted octanol–water partition coefficient (Wildman–Crippen LogP) is -0.152. The number of nitrogens with two attached hydrogens (primary N) is 1. The first kappa shape index (κ1) is 12.5. The normalized spacial score (nSPS) is 21.9. The van der Waals surface area contributed by atoms with Crippen molar-refractivity contribution in [1.82, 2.24) is 19.9 Å². The van der Waals surface area contributed by atoms with Gasteiger partial charge in [0.05, 0.1) is 25.5 Å². The molecular weight excluding hydrogens is 218 g/mol. The van der Waals surface area contributed by atoms with E-state index in [0.717, 1.165) is 45.0 Å². The Labute approximate surface area is 102 Å². The maximum absolute atomic E-state index is 5.50. The van der Waals surface area contributed by atoms with Crippen LogP contribution in [0.15, 0.2) is 6.20 Å². The van der Waals surface area contributed by atoms with Crippen molar-refractivity contribution in [3.05, 3.63) is 11.9 Å². The third-order valence-corrected chi connectivity index (χ3v) is 3.23. The zero-order valence-electron chi connectivity index (χ0n) is 10.4. The van der Waals surface area contributed by atoms with Gasteiger partial charge in [-0.25, -0.2) is 0 Å². The van der Waals surface area contributed by atoms with E-state index in [1.54, 1.807) is 0 Å². The van der Waals surface area contributed by atoms with Crippen LogP contribution in [0.5, 0.6) is 0 Å². The highest BCUT2D eigenvalue weighted by atomic mass is 16.5. The van der Waals surface area contributed by atoms with Crippen LogP contribution in [-0.4, -0.2) is 52.2 Å². The van der Waals surface area contributed by atoms with Crippen LogP contribution in [0.2, 0.25) is 0 Å². The summed E-state index contributed by atoms with van der Waals surface area (Å²) in [6, 6.07) is 0.543. The van der Waals surface area contributed by atoms with Crippen molar-refractivity contribution in [2.75, 3.05) is 26.3 Å². The minimum Gasteiger partial charge on any atom is -0.378 e. The molecule has 0 saturated carbocycles. The zero-order valence-corrected chi connectivity index (χ0v) is 10.4. The molecule has 1 aliphatic rings. The molecule has 0 bridgehead atoms. The van der Waals surface area contributed by atoms with Gasteiger partial charge >= 0.3 is 0 Å². The van der Waals surface area contributed by atoms with Gasteiger partial charge in [-0.15, -0.1) is 5.10 Å². The van der Waals surface area contributed by atoms with Gasteiger partial charge in [0.1, 0.15) is 0 Å². The summed E-state index contributed by atoms with van der Waals surface area (Å²) in [5.41, 5.74) is 6.35. The minimum absolute atomic E-state index is 0.454. The molecule has 6 heteroatoms. The molecule has 1 unspecified atom stereocenters. The highest BCUT2D eigenvalue weighted by Gasteiger charge is 2.20. The summed E-state index contributed by atoms with van der Waals surface area (Å²) in [6.45, 7) is 7.21. The van der Waals surface area contributed by atoms with Crippen LogP contribution in [0, 0.1) is 0 Å². The SMILES string of the molecule is CCC1COCCN1CCn1cc(CN)nn1. The van der Waals surface area contributed by atoms with E-state index in [-0.39, 0.29) is 0 Å². The van der Waals surface area contributed by atoms with E-state index in [4.69, 9.17) is 10.5 Å². The highest BCUT2D eigenvalue weighted by Crippen LogP contribution is 2.09. The fourth-order valence-electron chi connectivity index (χ4n) is 2.13. The van der Waals surface area contributed by atoms with Gasteiger partial charge in [0, 0.05) is 31.9 Å². The molecule has 1 aromatic heterocycles. The lowest BCUT2D eigenvalue weighted by molar-refractivity contribution is -0.0103. The molecule has 2 N–H and O–H groups in total. The van der Waals surface area contributed by atoms with Gasteiger partial charge in [-0.3, -0.25) is 9.58 Å². The van der Waals surface area contributed by atoms with Crippen LogP contribution < -0.4 is 5.73 Å². The van der Waals surface area contributed by atoms with Crippen LogP contribution >= 0.6 is 0 Å². The van der Waals surface area contributed by atoms with E-state index in [9.17, 15) is 0 Å². The zero-order chi connectivity index (χ0) is 12.1. The second kappa shape index (κ2) is 6.09. The standard InChI is InChI=1S/C11H21N5O/c1-2-11-9-17-6-5-15(11)3-4-16-8-10(7-12)13-14-16/h8,11H,2-7,9,12H2,1H3. The van der Waals surface area contributed by atoms with Gasteiger partial charge in [0.15, 0.2) is 0 Å². The maximum Gasteiger partial charge on any atom is 0.0962 e. The van der Waals surface area contributed by atoms with E-state index in [1.165, 1.54) is 0 Å². The Morgan fingerprint density at radius 2 is 2.41 bits per heavy atom. The van der Waals surface area contributed by atoms with Crippen molar-refractivity contribution in [2.24, 2.45) is 5.73 Å². The second-order valence-electron chi connectivity index (χ2n) is 4.35. The summed E-state index contributed by atoms with van der Waals surface area (Å²) < 4.78 is 7.35. The average Bonchev–Trinajstić information content (AvgIpc) is 2.84. The molecule has 0 spiro atoms. The topological polar surface area (TPSA) is 69.2 Å². The smallest absolute Gasteiger partial charge is 0.0962 e. The Morgan fingerprint density at radius 3 is 3.12 bits per heavy atom. The summed E-state index contributed by atoms with van der Waals surface area (Å²) in [5, 5.41) is 8.03. The Balaban J connectivity index is 1.83. The van der Waals surface area contributed by atoms with E-state index in [0.29, 0.717) is 12.6 Å². The molecule has 0 amide bonds. The number of aromatic nitrogens is 3. The number of morpholine rings is 1. The van der Waals surface area contributed by atoms with Crippen LogP contribution in [0.25, 0.3) is 0 Å². The Hall–Kier alpha value is -0.980. The van der Waals surface area contributed by atoms with E-state index < -0.39 is 0 Å². The minimum atomic E-state index is 0.454. The summed E-state index contributed by atoms with van der Waals surface area (Å²) in [5.74, 6) is 0. The molecule has 0 aromatic carbocycles. The first-order chi connectivity index (χ1) is 8.33. The van der Waals surface area contributed by atoms with Gasteiger partial charge in [0.25, 0.3) is 0 Å². The predicted molar refractivity (Wildman–Crippen MR) is 64.4 cm³/mol. The van der Waals surface area contributed by atoms with E-state index in [2.05, 4.69) is 22.1 Å². The average molecular weight is 239 g/mol. The molecule has 17 heavy (non-hydrogen) atoms. The Bertz CT molecular complexity index is 340. The van der Waals surface area contributed by atoms with Crippen molar-refractivity contribution in [2.45, 2.75) is 32.5 Å². The first-order valence-electron chi connectivity index (χ1n) is 6.24. The fraction of sp³-hybridized carbons (Fsp3) is 0.818. The lowest BCUT2D eigenvalue weighted by atomic mass is 10.2. The van der Waals surface area contributed by atoms with Crippen molar-refractivity contribution < 1.29 is 4.74 Å². The van der Waals surface area contributed by atoms with Crippen molar-refractivity contribution in [3.8, 4) is 0 Å². The quantitative estimate of drug-likeness (QED) is 0.773. The van der Waals surface area contributed by atoms with Crippen LogP contribution in [0.1, 0.15) is 19.0 Å². The summed E-state index contributed by atoms with van der Waals surface area (Å²) in [4.78, 5) is 2.47. The second-order valence-corrected chi connectivity index (χ2v) is 4.35. The summed E-state index contributed by atoms with van der Waals surface area (Å²) >= 11 is 0. The molecule has 2 rings (SSSR count). The van der Waals surface area contributed by atoms with Crippen molar-refractivity contribution >= 4 is 0 Å². The molecule has 0 radical (unpaired) electrons. The van der Waals surface area contributed by atoms with Crippen LogP contribution in [-0.2, 0) is 17.8 Å². The molecule has 1 atom stereocenters. The molecule has 1 aliphatic heterocycles. The van der Waals surface area contributed by atoms with Gasteiger partial charge in [-0.05, 0) is 6.42 Å².